The van der Waals surface area contributed by atoms with Crippen LogP contribution in [0, 0.1) is 0 Å². The van der Waals surface area contributed by atoms with Crippen LogP contribution >= 0.6 is 11.8 Å². The predicted molar refractivity (Wildman–Crippen MR) is 39.6 cm³/mol. The molecule has 0 amide bonds. The first-order valence-corrected chi connectivity index (χ1v) is 3.45. The summed E-state index contributed by atoms with van der Waals surface area (Å²) in [7, 11) is 0. The van der Waals surface area contributed by atoms with Crippen LogP contribution in [0.5, 0.6) is 0 Å². The molecule has 0 rings (SSSR count). The van der Waals surface area contributed by atoms with E-state index in [2.05, 4.69) is 4.84 Å². The van der Waals surface area contributed by atoms with Gasteiger partial charge in [0.05, 0.1) is 12.1 Å². The SMILES string of the molecule is CCOCC(C)(C)NCl. The minimum atomic E-state index is -0.114. The van der Waals surface area contributed by atoms with Gasteiger partial charge in [0.2, 0.25) is 0 Å². The van der Waals surface area contributed by atoms with Gasteiger partial charge in [-0.05, 0) is 32.5 Å². The van der Waals surface area contributed by atoms with Gasteiger partial charge in [0.1, 0.15) is 0 Å². The van der Waals surface area contributed by atoms with Crippen LogP contribution in [0.25, 0.3) is 0 Å². The summed E-state index contributed by atoms with van der Waals surface area (Å²) in [6.07, 6.45) is 0. The first-order valence-electron chi connectivity index (χ1n) is 3.08. The molecule has 0 aromatic carbocycles. The van der Waals surface area contributed by atoms with Crippen molar-refractivity contribution in [2.75, 3.05) is 13.2 Å². The summed E-state index contributed by atoms with van der Waals surface area (Å²) < 4.78 is 5.14. The monoisotopic (exact) mass is 151 g/mol. The van der Waals surface area contributed by atoms with Gasteiger partial charge in [-0.1, -0.05) is 0 Å². The van der Waals surface area contributed by atoms with Gasteiger partial charge in [-0.3, -0.25) is 0 Å². The van der Waals surface area contributed by atoms with E-state index in [-0.39, 0.29) is 5.54 Å². The first-order chi connectivity index (χ1) is 4.12. The molecule has 0 radical (unpaired) electrons. The van der Waals surface area contributed by atoms with Gasteiger partial charge < -0.3 is 4.74 Å². The van der Waals surface area contributed by atoms with Crippen molar-refractivity contribution < 1.29 is 4.74 Å². The Bertz CT molecular complexity index is 75.5. The third kappa shape index (κ3) is 4.70. The van der Waals surface area contributed by atoms with E-state index in [0.29, 0.717) is 6.61 Å². The number of hydrogen-bond acceptors (Lipinski definition) is 2. The number of ether oxygens (including phenoxy) is 1. The molecule has 2 nitrogen and oxygen atoms in total. The van der Waals surface area contributed by atoms with Crippen LogP contribution in [0.3, 0.4) is 0 Å². The van der Waals surface area contributed by atoms with Crippen molar-refractivity contribution in [1.82, 2.24) is 4.84 Å². The van der Waals surface area contributed by atoms with Crippen LogP contribution in [-0.4, -0.2) is 18.8 Å². The minimum absolute atomic E-state index is 0.114. The molecule has 0 atom stereocenters. The molecule has 1 N–H and O–H groups in total. The summed E-state index contributed by atoms with van der Waals surface area (Å²) in [6.45, 7) is 7.31. The molecule has 0 saturated carbocycles. The fourth-order valence-corrected chi connectivity index (χ4v) is 0.439. The Morgan fingerprint density at radius 2 is 2.11 bits per heavy atom. The molecule has 0 aromatic rings. The molecule has 3 heteroatoms. The van der Waals surface area contributed by atoms with Crippen LogP contribution in [0.2, 0.25) is 0 Å². The lowest BCUT2D eigenvalue weighted by molar-refractivity contribution is 0.102. The molecular weight excluding hydrogens is 138 g/mol. The number of rotatable bonds is 4. The highest BCUT2D eigenvalue weighted by atomic mass is 35.5. The Hall–Kier alpha value is 0.210. The van der Waals surface area contributed by atoms with Crippen molar-refractivity contribution in [1.29, 1.82) is 0 Å². The largest absolute Gasteiger partial charge is 0.380 e. The van der Waals surface area contributed by atoms with E-state index in [1.165, 1.54) is 0 Å². The van der Waals surface area contributed by atoms with Crippen LogP contribution < -0.4 is 4.84 Å². The molecule has 0 heterocycles. The smallest absolute Gasteiger partial charge is 0.0654 e. The van der Waals surface area contributed by atoms with Gasteiger partial charge in [0.15, 0.2) is 0 Å². The third-order valence-electron chi connectivity index (χ3n) is 0.923. The van der Waals surface area contributed by atoms with E-state index in [4.69, 9.17) is 16.5 Å². The average Bonchev–Trinajstić information content (AvgIpc) is 1.84. The molecule has 0 fully saturated rings. The lowest BCUT2D eigenvalue weighted by Gasteiger charge is -2.20. The Morgan fingerprint density at radius 1 is 1.56 bits per heavy atom. The summed E-state index contributed by atoms with van der Waals surface area (Å²) >= 11 is 5.40. The fraction of sp³-hybridized carbons (Fsp3) is 1.00. The lowest BCUT2D eigenvalue weighted by atomic mass is 10.1. The first kappa shape index (κ1) is 9.21. The average molecular weight is 152 g/mol. The van der Waals surface area contributed by atoms with Crippen LogP contribution in [0.15, 0.2) is 0 Å². The van der Waals surface area contributed by atoms with Gasteiger partial charge in [-0.2, -0.15) is 0 Å². The van der Waals surface area contributed by atoms with E-state index >= 15 is 0 Å². The topological polar surface area (TPSA) is 21.3 Å². The molecule has 0 aliphatic heterocycles. The van der Waals surface area contributed by atoms with E-state index in [0.717, 1.165) is 6.61 Å². The van der Waals surface area contributed by atoms with Gasteiger partial charge in [0.25, 0.3) is 0 Å². The van der Waals surface area contributed by atoms with Gasteiger partial charge in [-0.15, -0.1) is 0 Å². The molecule has 56 valence electrons. The van der Waals surface area contributed by atoms with Crippen molar-refractivity contribution in [2.24, 2.45) is 0 Å². The molecule has 0 unspecified atom stereocenters. The van der Waals surface area contributed by atoms with Gasteiger partial charge in [0, 0.05) is 6.61 Å². The summed E-state index contributed by atoms with van der Waals surface area (Å²) in [5.41, 5.74) is -0.114. The Kier molecular flexibility index (Phi) is 4.19. The molecule has 0 aromatic heterocycles. The predicted octanol–water partition coefficient (Wildman–Crippen LogP) is 1.54. The zero-order chi connectivity index (χ0) is 7.33. The van der Waals surface area contributed by atoms with E-state index in [1.54, 1.807) is 0 Å². The van der Waals surface area contributed by atoms with Crippen LogP contribution in [0.1, 0.15) is 20.8 Å². The minimum Gasteiger partial charge on any atom is -0.380 e. The Morgan fingerprint density at radius 3 is 2.44 bits per heavy atom. The van der Waals surface area contributed by atoms with Crippen molar-refractivity contribution in [3.63, 3.8) is 0 Å². The fourth-order valence-electron chi connectivity index (χ4n) is 0.384. The molecular formula is C6H14ClNO. The highest BCUT2D eigenvalue weighted by Gasteiger charge is 2.14. The second-order valence-electron chi connectivity index (χ2n) is 2.62. The molecule has 9 heavy (non-hydrogen) atoms. The van der Waals surface area contributed by atoms with Crippen molar-refractivity contribution >= 4 is 11.8 Å². The highest BCUT2D eigenvalue weighted by Crippen LogP contribution is 2.02. The van der Waals surface area contributed by atoms with Crippen molar-refractivity contribution in [3.8, 4) is 0 Å². The zero-order valence-electron chi connectivity index (χ0n) is 6.20. The highest BCUT2D eigenvalue weighted by molar-refractivity contribution is 6.13. The molecule has 0 saturated heterocycles. The van der Waals surface area contributed by atoms with Crippen LogP contribution in [-0.2, 0) is 4.74 Å². The molecule has 0 aliphatic carbocycles. The summed E-state index contributed by atoms with van der Waals surface area (Å²) in [6, 6.07) is 0. The second-order valence-corrected chi connectivity index (χ2v) is 2.80. The summed E-state index contributed by atoms with van der Waals surface area (Å²) in [5.74, 6) is 0. The maximum absolute atomic E-state index is 5.40. The normalized spacial score (nSPS) is 12.0. The van der Waals surface area contributed by atoms with E-state index < -0.39 is 0 Å². The van der Waals surface area contributed by atoms with Crippen molar-refractivity contribution in [2.45, 2.75) is 26.3 Å². The maximum Gasteiger partial charge on any atom is 0.0654 e. The van der Waals surface area contributed by atoms with E-state index in [9.17, 15) is 0 Å². The summed E-state index contributed by atoms with van der Waals surface area (Å²) in [4.78, 5) is 2.62. The van der Waals surface area contributed by atoms with Crippen LogP contribution in [0.4, 0.5) is 0 Å². The standard InChI is InChI=1S/C6H14ClNO/c1-4-9-5-6(2,3)8-7/h8H,4-5H2,1-3H3. The molecule has 0 spiro atoms. The lowest BCUT2D eigenvalue weighted by Crippen LogP contribution is -2.37. The number of nitrogens with one attached hydrogen (secondary N) is 1. The maximum atomic E-state index is 5.40. The number of halogens is 1. The quantitative estimate of drug-likeness (QED) is 0.616. The Labute approximate surface area is 61.6 Å². The van der Waals surface area contributed by atoms with Crippen molar-refractivity contribution in [3.05, 3.63) is 0 Å². The summed E-state index contributed by atoms with van der Waals surface area (Å²) in [5, 5.41) is 0. The van der Waals surface area contributed by atoms with Gasteiger partial charge in [-0.25, -0.2) is 4.84 Å². The second kappa shape index (κ2) is 4.09. The number of hydrogen-bond donors (Lipinski definition) is 1. The van der Waals surface area contributed by atoms with E-state index in [1.807, 2.05) is 20.8 Å². The van der Waals surface area contributed by atoms with Gasteiger partial charge >= 0.3 is 0 Å². The molecule has 0 bridgehead atoms. The Balaban J connectivity index is 3.33. The third-order valence-corrected chi connectivity index (χ3v) is 1.43. The zero-order valence-corrected chi connectivity index (χ0v) is 6.96. The molecule has 0 aliphatic rings.